The van der Waals surface area contributed by atoms with Gasteiger partial charge in [-0.1, -0.05) is 0 Å². The molecule has 0 atom stereocenters. The van der Waals surface area contributed by atoms with Gasteiger partial charge in [0.1, 0.15) is 9.71 Å². The molecule has 114 valence electrons. The van der Waals surface area contributed by atoms with Gasteiger partial charge in [0.05, 0.1) is 18.9 Å². The van der Waals surface area contributed by atoms with E-state index in [2.05, 4.69) is 10.3 Å². The van der Waals surface area contributed by atoms with Crippen LogP contribution >= 0.6 is 11.3 Å². The smallest absolute Gasteiger partial charge is 0.263 e. The molecule has 4 N–H and O–H groups in total. The normalized spacial score (nSPS) is 11.0. The number of rotatable bonds is 7. The van der Waals surface area contributed by atoms with Crippen LogP contribution < -0.4 is 11.1 Å². The number of nitrogens with zero attached hydrogens (tertiary/aromatic N) is 1. The molecule has 2 heterocycles. The third-order valence-electron chi connectivity index (χ3n) is 2.93. The molecule has 2 rings (SSSR count). The standard InChI is InChI=1S/C14H19N3O3S/c1-9-3-4-10-11(15)12(21-14(10)17-9)13(19)16-5-2-7-20-8-6-18/h3-4,18H,2,5-8,15H2,1H3,(H,16,19). The monoisotopic (exact) mass is 309 g/mol. The first-order chi connectivity index (χ1) is 10.1. The first kappa shape index (κ1) is 15.7. The van der Waals surface area contributed by atoms with E-state index >= 15 is 0 Å². The maximum absolute atomic E-state index is 12.1. The molecule has 0 saturated heterocycles. The summed E-state index contributed by atoms with van der Waals surface area (Å²) in [5.74, 6) is -0.185. The summed E-state index contributed by atoms with van der Waals surface area (Å²) < 4.78 is 5.12. The molecule has 7 heteroatoms. The van der Waals surface area contributed by atoms with Crippen molar-refractivity contribution in [1.82, 2.24) is 10.3 Å². The van der Waals surface area contributed by atoms with E-state index < -0.39 is 0 Å². The third kappa shape index (κ3) is 3.90. The molecule has 0 radical (unpaired) electrons. The number of aliphatic hydroxyl groups is 1. The van der Waals surface area contributed by atoms with E-state index in [1.165, 1.54) is 11.3 Å². The molecule has 6 nitrogen and oxygen atoms in total. The number of aliphatic hydroxyl groups excluding tert-OH is 1. The number of nitrogens with one attached hydrogen (secondary N) is 1. The number of carbonyl (C=O) groups is 1. The predicted octanol–water partition coefficient (Wildman–Crippen LogP) is 1.32. The van der Waals surface area contributed by atoms with E-state index in [0.717, 1.165) is 15.9 Å². The number of carbonyl (C=O) groups excluding carboxylic acids is 1. The van der Waals surface area contributed by atoms with Crippen LogP contribution in [0.25, 0.3) is 10.2 Å². The van der Waals surface area contributed by atoms with Gasteiger partial charge in [-0.3, -0.25) is 4.79 Å². The third-order valence-corrected chi connectivity index (χ3v) is 4.04. The molecule has 0 aromatic carbocycles. The Morgan fingerprint density at radius 2 is 2.29 bits per heavy atom. The van der Waals surface area contributed by atoms with Crippen molar-refractivity contribution in [2.45, 2.75) is 13.3 Å². The Kier molecular flexibility index (Phi) is 5.49. The number of fused-ring (bicyclic) bond motifs is 1. The fourth-order valence-corrected chi connectivity index (χ4v) is 2.94. The lowest BCUT2D eigenvalue weighted by Crippen LogP contribution is -2.25. The minimum Gasteiger partial charge on any atom is -0.397 e. The molecule has 0 spiro atoms. The van der Waals surface area contributed by atoms with Gasteiger partial charge in [0.25, 0.3) is 5.91 Å². The van der Waals surface area contributed by atoms with Gasteiger partial charge in [-0.15, -0.1) is 11.3 Å². The number of pyridine rings is 1. The molecular formula is C14H19N3O3S. The van der Waals surface area contributed by atoms with Gasteiger partial charge in [-0.05, 0) is 25.5 Å². The molecule has 0 aliphatic rings. The molecule has 2 aromatic rings. The Balaban J connectivity index is 1.95. The highest BCUT2D eigenvalue weighted by Crippen LogP contribution is 2.32. The van der Waals surface area contributed by atoms with Crippen molar-refractivity contribution in [3.8, 4) is 0 Å². The Hall–Kier alpha value is -1.70. The van der Waals surface area contributed by atoms with Gasteiger partial charge >= 0.3 is 0 Å². The highest BCUT2D eigenvalue weighted by Gasteiger charge is 2.16. The van der Waals surface area contributed by atoms with Crippen LogP contribution in [0, 0.1) is 6.92 Å². The van der Waals surface area contributed by atoms with Gasteiger partial charge in [-0.25, -0.2) is 4.98 Å². The molecule has 2 aromatic heterocycles. The van der Waals surface area contributed by atoms with E-state index in [4.69, 9.17) is 15.6 Å². The lowest BCUT2D eigenvalue weighted by atomic mass is 10.2. The molecule has 0 fully saturated rings. The molecule has 0 bridgehead atoms. The van der Waals surface area contributed by atoms with Crippen LogP contribution in [-0.2, 0) is 4.74 Å². The predicted molar refractivity (Wildman–Crippen MR) is 83.6 cm³/mol. The largest absolute Gasteiger partial charge is 0.397 e. The van der Waals surface area contributed by atoms with Gasteiger partial charge in [0.2, 0.25) is 0 Å². The summed E-state index contributed by atoms with van der Waals surface area (Å²) in [4.78, 5) is 17.8. The van der Waals surface area contributed by atoms with Crippen LogP contribution in [0.3, 0.4) is 0 Å². The quantitative estimate of drug-likeness (QED) is 0.670. The SMILES string of the molecule is Cc1ccc2c(N)c(C(=O)NCCCOCCO)sc2n1. The van der Waals surface area contributed by atoms with E-state index in [9.17, 15) is 4.79 Å². The lowest BCUT2D eigenvalue weighted by Gasteiger charge is -2.04. The van der Waals surface area contributed by atoms with Crippen molar-refractivity contribution in [3.63, 3.8) is 0 Å². The number of anilines is 1. The van der Waals surface area contributed by atoms with E-state index in [-0.39, 0.29) is 12.5 Å². The number of amides is 1. The van der Waals surface area contributed by atoms with Crippen LogP contribution in [0.2, 0.25) is 0 Å². The van der Waals surface area contributed by atoms with Crippen LogP contribution in [0.5, 0.6) is 0 Å². The Labute approximate surface area is 126 Å². The average molecular weight is 309 g/mol. The van der Waals surface area contributed by atoms with E-state index in [1.54, 1.807) is 0 Å². The number of aromatic nitrogens is 1. The number of aryl methyl sites for hydroxylation is 1. The average Bonchev–Trinajstić information content (AvgIpc) is 2.79. The van der Waals surface area contributed by atoms with Gasteiger partial charge in [0.15, 0.2) is 0 Å². The van der Waals surface area contributed by atoms with Crippen molar-refractivity contribution < 1.29 is 14.6 Å². The minimum absolute atomic E-state index is 0.0110. The van der Waals surface area contributed by atoms with E-state index in [1.807, 2.05) is 19.1 Å². The lowest BCUT2D eigenvalue weighted by molar-refractivity contribution is 0.0869. The highest BCUT2D eigenvalue weighted by molar-refractivity contribution is 7.21. The maximum atomic E-state index is 12.1. The van der Waals surface area contributed by atoms with Crippen molar-refractivity contribution in [2.24, 2.45) is 0 Å². The maximum Gasteiger partial charge on any atom is 0.263 e. The second-order valence-electron chi connectivity index (χ2n) is 4.60. The Morgan fingerprint density at radius 1 is 1.48 bits per heavy atom. The number of thiophene rings is 1. The number of nitrogens with two attached hydrogens (primary N) is 1. The van der Waals surface area contributed by atoms with Crippen molar-refractivity contribution in [3.05, 3.63) is 22.7 Å². The molecule has 21 heavy (non-hydrogen) atoms. The van der Waals surface area contributed by atoms with Crippen LogP contribution in [0.1, 0.15) is 21.8 Å². The fraction of sp³-hybridized carbons (Fsp3) is 0.429. The van der Waals surface area contributed by atoms with Crippen LogP contribution in [0.4, 0.5) is 5.69 Å². The summed E-state index contributed by atoms with van der Waals surface area (Å²) in [7, 11) is 0. The van der Waals surface area contributed by atoms with Crippen LogP contribution in [-0.4, -0.2) is 42.4 Å². The zero-order valence-electron chi connectivity index (χ0n) is 11.9. The summed E-state index contributed by atoms with van der Waals surface area (Å²) >= 11 is 1.31. The fourth-order valence-electron chi connectivity index (χ4n) is 1.88. The first-order valence-corrected chi connectivity index (χ1v) is 7.57. The number of ether oxygens (including phenoxy) is 1. The molecule has 0 saturated carbocycles. The van der Waals surface area contributed by atoms with Crippen LogP contribution in [0.15, 0.2) is 12.1 Å². The van der Waals surface area contributed by atoms with Crippen molar-refractivity contribution in [1.29, 1.82) is 0 Å². The van der Waals surface area contributed by atoms with Gasteiger partial charge < -0.3 is 20.9 Å². The summed E-state index contributed by atoms with van der Waals surface area (Å²) in [6, 6.07) is 3.77. The second kappa shape index (κ2) is 7.35. The first-order valence-electron chi connectivity index (χ1n) is 6.76. The summed E-state index contributed by atoms with van der Waals surface area (Å²) in [6.45, 7) is 3.24. The second-order valence-corrected chi connectivity index (χ2v) is 5.59. The topological polar surface area (TPSA) is 97.5 Å². The summed E-state index contributed by atoms with van der Waals surface area (Å²) in [5, 5.41) is 12.2. The molecule has 0 aliphatic heterocycles. The molecule has 0 aliphatic carbocycles. The Bertz CT molecular complexity index is 627. The van der Waals surface area contributed by atoms with E-state index in [0.29, 0.717) is 36.7 Å². The van der Waals surface area contributed by atoms with Crippen molar-refractivity contribution >= 4 is 33.1 Å². The van der Waals surface area contributed by atoms with Gasteiger partial charge in [-0.2, -0.15) is 0 Å². The minimum atomic E-state index is -0.185. The van der Waals surface area contributed by atoms with Crippen molar-refractivity contribution in [2.75, 3.05) is 32.1 Å². The highest BCUT2D eigenvalue weighted by atomic mass is 32.1. The summed E-state index contributed by atoms with van der Waals surface area (Å²) in [6.07, 6.45) is 0.688. The molecular weight excluding hydrogens is 290 g/mol. The number of nitrogen functional groups attached to an aromatic ring is 1. The zero-order chi connectivity index (χ0) is 15.2. The number of hydrogen-bond acceptors (Lipinski definition) is 6. The molecule has 1 amide bonds. The summed E-state index contributed by atoms with van der Waals surface area (Å²) in [5.41, 5.74) is 7.40. The zero-order valence-corrected chi connectivity index (χ0v) is 12.7. The Morgan fingerprint density at radius 3 is 3.05 bits per heavy atom. The number of hydrogen-bond donors (Lipinski definition) is 3. The molecule has 0 unspecified atom stereocenters. The van der Waals surface area contributed by atoms with Gasteiger partial charge in [0, 0.05) is 24.2 Å².